The van der Waals surface area contributed by atoms with Crippen molar-refractivity contribution < 1.29 is 18.8 Å². The van der Waals surface area contributed by atoms with E-state index in [1.54, 1.807) is 11.0 Å². The Morgan fingerprint density at radius 2 is 1.96 bits per heavy atom. The lowest BCUT2D eigenvalue weighted by Gasteiger charge is -2.18. The van der Waals surface area contributed by atoms with Crippen LogP contribution >= 0.6 is 0 Å². The minimum absolute atomic E-state index is 0.0829. The van der Waals surface area contributed by atoms with Crippen molar-refractivity contribution in [2.24, 2.45) is 5.92 Å². The zero-order valence-electron chi connectivity index (χ0n) is 14.2. The zero-order valence-corrected chi connectivity index (χ0v) is 14.2. The first-order valence-electron chi connectivity index (χ1n) is 8.67. The van der Waals surface area contributed by atoms with E-state index >= 15 is 0 Å². The van der Waals surface area contributed by atoms with Crippen molar-refractivity contribution in [3.05, 3.63) is 53.5 Å². The fourth-order valence-electron chi connectivity index (χ4n) is 3.55. The second kappa shape index (κ2) is 6.67. The van der Waals surface area contributed by atoms with E-state index in [1.165, 1.54) is 23.5 Å². The van der Waals surface area contributed by atoms with Gasteiger partial charge in [-0.25, -0.2) is 0 Å². The van der Waals surface area contributed by atoms with E-state index in [-0.39, 0.29) is 24.0 Å². The smallest absolute Gasteiger partial charge is 0.305 e. The highest BCUT2D eigenvalue weighted by Gasteiger charge is 2.35. The van der Waals surface area contributed by atoms with Gasteiger partial charge in [0, 0.05) is 18.7 Å². The molecular formula is C19H19N3O4. The number of amides is 3. The van der Waals surface area contributed by atoms with Crippen molar-refractivity contribution in [1.82, 2.24) is 10.9 Å². The molecule has 0 saturated carbocycles. The first kappa shape index (κ1) is 16.4. The van der Waals surface area contributed by atoms with Crippen LogP contribution in [-0.4, -0.2) is 24.3 Å². The molecule has 1 fully saturated rings. The summed E-state index contributed by atoms with van der Waals surface area (Å²) in [7, 11) is 0. The molecule has 2 N–H and O–H groups in total. The Kier molecular flexibility index (Phi) is 4.20. The van der Waals surface area contributed by atoms with Gasteiger partial charge in [-0.1, -0.05) is 6.07 Å². The van der Waals surface area contributed by atoms with E-state index in [0.717, 1.165) is 24.9 Å². The van der Waals surface area contributed by atoms with Gasteiger partial charge in [-0.15, -0.1) is 0 Å². The third-order valence-corrected chi connectivity index (χ3v) is 4.93. The Hall–Kier alpha value is -3.09. The Labute approximate surface area is 150 Å². The Morgan fingerprint density at radius 1 is 1.12 bits per heavy atom. The van der Waals surface area contributed by atoms with E-state index in [4.69, 9.17) is 4.42 Å². The highest BCUT2D eigenvalue weighted by atomic mass is 16.3. The molecule has 1 aromatic heterocycles. The minimum atomic E-state index is -0.539. The number of hydrogen-bond acceptors (Lipinski definition) is 4. The SMILES string of the molecule is O=C(NNC(=O)[C@H]1CC(=O)N(c2ccc3c(c2)CCC3)C1)c1ccco1. The monoisotopic (exact) mass is 353 g/mol. The Balaban J connectivity index is 1.38. The quantitative estimate of drug-likeness (QED) is 0.820. The fraction of sp³-hybridized carbons (Fsp3) is 0.316. The maximum atomic E-state index is 12.4. The number of nitrogens with zero attached hydrogens (tertiary/aromatic N) is 1. The number of anilines is 1. The number of benzene rings is 1. The van der Waals surface area contributed by atoms with Crippen LogP contribution in [0.25, 0.3) is 0 Å². The molecule has 1 aromatic carbocycles. The van der Waals surface area contributed by atoms with Gasteiger partial charge in [0.05, 0.1) is 12.2 Å². The Morgan fingerprint density at radius 3 is 2.77 bits per heavy atom. The molecule has 1 aliphatic carbocycles. The van der Waals surface area contributed by atoms with E-state index in [1.807, 2.05) is 6.07 Å². The van der Waals surface area contributed by atoms with Crippen molar-refractivity contribution in [3.63, 3.8) is 0 Å². The molecule has 2 aromatic rings. The molecule has 2 aliphatic rings. The first-order valence-corrected chi connectivity index (χ1v) is 8.67. The molecule has 0 spiro atoms. The molecule has 0 unspecified atom stereocenters. The summed E-state index contributed by atoms with van der Waals surface area (Å²) < 4.78 is 4.96. The van der Waals surface area contributed by atoms with Crippen molar-refractivity contribution in [1.29, 1.82) is 0 Å². The molecule has 26 heavy (non-hydrogen) atoms. The van der Waals surface area contributed by atoms with Gasteiger partial charge in [0.2, 0.25) is 11.8 Å². The standard InChI is InChI=1S/C19H19N3O4/c23-17-10-14(18(24)20-21-19(25)16-5-2-8-26-16)11-22(17)15-7-6-12-3-1-4-13(12)9-15/h2,5-9,14H,1,3-4,10-11H2,(H,20,24)(H,21,25)/t14-/m0/s1. The molecule has 0 bridgehead atoms. The van der Waals surface area contributed by atoms with Crippen LogP contribution in [0.5, 0.6) is 0 Å². The lowest BCUT2D eigenvalue weighted by Crippen LogP contribution is -2.45. The number of furan rings is 1. The van der Waals surface area contributed by atoms with E-state index < -0.39 is 11.8 Å². The van der Waals surface area contributed by atoms with Gasteiger partial charge in [0.15, 0.2) is 5.76 Å². The predicted molar refractivity (Wildman–Crippen MR) is 93.2 cm³/mol. The molecule has 4 rings (SSSR count). The van der Waals surface area contributed by atoms with Gasteiger partial charge in [0.25, 0.3) is 0 Å². The van der Waals surface area contributed by atoms with Crippen LogP contribution in [0.1, 0.15) is 34.5 Å². The molecular weight excluding hydrogens is 334 g/mol. The summed E-state index contributed by atoms with van der Waals surface area (Å²) in [6.45, 7) is 0.306. The second-order valence-electron chi connectivity index (χ2n) is 6.63. The van der Waals surface area contributed by atoms with Crippen LogP contribution in [0.2, 0.25) is 0 Å². The van der Waals surface area contributed by atoms with Crippen LogP contribution in [0, 0.1) is 5.92 Å². The van der Waals surface area contributed by atoms with Gasteiger partial charge < -0.3 is 9.32 Å². The number of hydrogen-bond donors (Lipinski definition) is 2. The third kappa shape index (κ3) is 3.08. The normalized spacial score (nSPS) is 18.7. The molecule has 7 nitrogen and oxygen atoms in total. The summed E-state index contributed by atoms with van der Waals surface area (Å²) in [5.74, 6) is -1.41. The average Bonchev–Trinajstić information content (AvgIpc) is 3.38. The molecule has 7 heteroatoms. The molecule has 1 saturated heterocycles. The highest BCUT2D eigenvalue weighted by molar-refractivity contribution is 6.01. The van der Waals surface area contributed by atoms with Gasteiger partial charge >= 0.3 is 5.91 Å². The number of carbonyl (C=O) groups excluding carboxylic acids is 3. The maximum Gasteiger partial charge on any atom is 0.305 e. The van der Waals surface area contributed by atoms with E-state index in [9.17, 15) is 14.4 Å². The van der Waals surface area contributed by atoms with Crippen molar-refractivity contribution in [2.75, 3.05) is 11.4 Å². The number of rotatable bonds is 3. The van der Waals surface area contributed by atoms with Crippen molar-refractivity contribution >= 4 is 23.4 Å². The maximum absolute atomic E-state index is 12.4. The number of nitrogens with one attached hydrogen (secondary N) is 2. The molecule has 2 heterocycles. The van der Waals surface area contributed by atoms with Crippen molar-refractivity contribution in [2.45, 2.75) is 25.7 Å². The number of fused-ring (bicyclic) bond motifs is 1. The molecule has 1 aliphatic heterocycles. The topological polar surface area (TPSA) is 91.7 Å². The lowest BCUT2D eigenvalue weighted by atomic mass is 10.1. The van der Waals surface area contributed by atoms with Gasteiger partial charge in [-0.05, 0) is 54.7 Å². The summed E-state index contributed by atoms with van der Waals surface area (Å²) >= 11 is 0. The molecule has 3 amide bonds. The van der Waals surface area contributed by atoms with Crippen LogP contribution < -0.4 is 15.8 Å². The summed E-state index contributed by atoms with van der Waals surface area (Å²) in [6.07, 6.45) is 4.77. The molecule has 0 radical (unpaired) electrons. The van der Waals surface area contributed by atoms with Crippen LogP contribution in [0.3, 0.4) is 0 Å². The van der Waals surface area contributed by atoms with E-state index in [0.29, 0.717) is 6.54 Å². The average molecular weight is 353 g/mol. The molecule has 134 valence electrons. The van der Waals surface area contributed by atoms with Gasteiger partial charge in [0.1, 0.15) is 0 Å². The van der Waals surface area contributed by atoms with Crippen molar-refractivity contribution in [3.8, 4) is 0 Å². The van der Waals surface area contributed by atoms with E-state index in [2.05, 4.69) is 23.0 Å². The summed E-state index contributed by atoms with van der Waals surface area (Å²) in [5, 5.41) is 0. The first-order chi connectivity index (χ1) is 12.6. The third-order valence-electron chi connectivity index (χ3n) is 4.93. The largest absolute Gasteiger partial charge is 0.459 e. The van der Waals surface area contributed by atoms with Crippen LogP contribution in [0.4, 0.5) is 5.69 Å². The van der Waals surface area contributed by atoms with Crippen LogP contribution in [0.15, 0.2) is 41.0 Å². The molecule has 1 atom stereocenters. The number of carbonyl (C=O) groups is 3. The summed E-state index contributed by atoms with van der Waals surface area (Å²) in [5.41, 5.74) is 8.14. The minimum Gasteiger partial charge on any atom is -0.459 e. The fourth-order valence-corrected chi connectivity index (χ4v) is 3.55. The summed E-state index contributed by atoms with van der Waals surface area (Å²) in [6, 6.07) is 9.15. The van der Waals surface area contributed by atoms with Gasteiger partial charge in [-0.2, -0.15) is 0 Å². The summed E-state index contributed by atoms with van der Waals surface area (Å²) in [4.78, 5) is 38.1. The van der Waals surface area contributed by atoms with Crippen LogP contribution in [-0.2, 0) is 22.4 Å². The van der Waals surface area contributed by atoms with Gasteiger partial charge in [-0.3, -0.25) is 25.2 Å². The number of hydrazine groups is 1. The highest BCUT2D eigenvalue weighted by Crippen LogP contribution is 2.30. The lowest BCUT2D eigenvalue weighted by molar-refractivity contribution is -0.126. The Bertz CT molecular complexity index is 860. The second-order valence-corrected chi connectivity index (χ2v) is 6.63. The predicted octanol–water partition coefficient (Wildman–Crippen LogP) is 1.58. The zero-order chi connectivity index (χ0) is 18.1. The number of aryl methyl sites for hydroxylation is 2.